The molecular formula is C17H18N4OS. The van der Waals surface area contributed by atoms with Gasteiger partial charge in [-0.15, -0.1) is 16.4 Å². The lowest BCUT2D eigenvalue weighted by atomic mass is 10.2. The monoisotopic (exact) mass is 326 g/mol. The van der Waals surface area contributed by atoms with Crippen LogP contribution in [0.4, 0.5) is 5.95 Å². The predicted octanol–water partition coefficient (Wildman–Crippen LogP) is 4.06. The van der Waals surface area contributed by atoms with Gasteiger partial charge in [0, 0.05) is 16.9 Å². The van der Waals surface area contributed by atoms with Crippen molar-refractivity contribution in [2.24, 2.45) is 0 Å². The maximum absolute atomic E-state index is 12.3. The maximum Gasteiger partial charge on any atom is 0.250 e. The van der Waals surface area contributed by atoms with E-state index in [4.69, 9.17) is 0 Å². The van der Waals surface area contributed by atoms with Crippen molar-refractivity contribution in [3.05, 3.63) is 52.7 Å². The number of nitrogens with one attached hydrogen (secondary N) is 1. The fourth-order valence-corrected chi connectivity index (χ4v) is 2.85. The van der Waals surface area contributed by atoms with Crippen LogP contribution < -0.4 is 5.32 Å². The molecule has 1 aromatic carbocycles. The highest BCUT2D eigenvalue weighted by Gasteiger charge is 2.16. The summed E-state index contributed by atoms with van der Waals surface area (Å²) in [5.74, 6) is 1.01. The van der Waals surface area contributed by atoms with Gasteiger partial charge >= 0.3 is 0 Å². The number of hydrogen-bond acceptors (Lipinski definition) is 5. The molecule has 0 aliphatic carbocycles. The highest BCUT2D eigenvalue weighted by atomic mass is 32.1. The topological polar surface area (TPSA) is 59.8 Å². The van der Waals surface area contributed by atoms with Gasteiger partial charge in [-0.2, -0.15) is 9.67 Å². The van der Waals surface area contributed by atoms with E-state index in [1.54, 1.807) is 11.3 Å². The Bertz CT molecular complexity index is 765. The first-order chi connectivity index (χ1) is 11.3. The minimum absolute atomic E-state index is 0.0455. The number of hydrogen-bond donors (Lipinski definition) is 1. The Balaban J connectivity index is 1.88. The Morgan fingerprint density at radius 1 is 1.22 bits per heavy atom. The Labute approximate surface area is 139 Å². The molecule has 0 aliphatic rings. The van der Waals surface area contributed by atoms with Crippen LogP contribution in [0.25, 0.3) is 11.4 Å². The van der Waals surface area contributed by atoms with E-state index in [9.17, 15) is 4.79 Å². The lowest BCUT2D eigenvalue weighted by molar-refractivity contribution is 0.0888. The molecule has 118 valence electrons. The SMILES string of the molecule is CCCC(=O)n1nc(-c2ccccc2)nc1NCc1cccs1. The molecule has 0 unspecified atom stereocenters. The molecule has 0 radical (unpaired) electrons. The molecule has 0 bridgehead atoms. The second-order valence-corrected chi connectivity index (χ2v) is 6.15. The smallest absolute Gasteiger partial charge is 0.250 e. The third kappa shape index (κ3) is 3.65. The molecule has 0 aliphatic heterocycles. The van der Waals surface area contributed by atoms with E-state index in [0.29, 0.717) is 24.7 Å². The van der Waals surface area contributed by atoms with Gasteiger partial charge in [-0.05, 0) is 17.9 Å². The Kier molecular flexibility index (Phi) is 4.83. The third-order valence-corrected chi connectivity index (χ3v) is 4.22. The molecule has 23 heavy (non-hydrogen) atoms. The van der Waals surface area contributed by atoms with Crippen LogP contribution in [0.15, 0.2) is 47.8 Å². The molecule has 0 fully saturated rings. The minimum atomic E-state index is -0.0455. The van der Waals surface area contributed by atoms with Crippen molar-refractivity contribution in [3.8, 4) is 11.4 Å². The normalized spacial score (nSPS) is 10.7. The van der Waals surface area contributed by atoms with E-state index >= 15 is 0 Å². The average Bonchev–Trinajstić information content (AvgIpc) is 3.23. The molecule has 0 atom stereocenters. The summed E-state index contributed by atoms with van der Waals surface area (Å²) in [6, 6.07) is 13.7. The number of aromatic nitrogens is 3. The molecule has 0 spiro atoms. The molecule has 1 N–H and O–H groups in total. The molecule has 2 heterocycles. The van der Waals surface area contributed by atoms with Gasteiger partial charge in [-0.25, -0.2) is 0 Å². The van der Waals surface area contributed by atoms with Crippen molar-refractivity contribution in [1.82, 2.24) is 14.8 Å². The average molecular weight is 326 g/mol. The summed E-state index contributed by atoms with van der Waals surface area (Å²) in [7, 11) is 0. The Hall–Kier alpha value is -2.47. The van der Waals surface area contributed by atoms with Crippen LogP contribution in [-0.4, -0.2) is 20.7 Å². The van der Waals surface area contributed by atoms with E-state index in [1.165, 1.54) is 9.56 Å². The van der Waals surface area contributed by atoms with Gasteiger partial charge in [0.2, 0.25) is 11.9 Å². The minimum Gasteiger partial charge on any atom is -0.349 e. The number of carbonyl (C=O) groups is 1. The second kappa shape index (κ2) is 7.19. The third-order valence-electron chi connectivity index (χ3n) is 3.34. The van der Waals surface area contributed by atoms with E-state index in [1.807, 2.05) is 54.8 Å². The molecule has 6 heteroatoms. The van der Waals surface area contributed by atoms with E-state index in [0.717, 1.165) is 12.0 Å². The van der Waals surface area contributed by atoms with Crippen LogP contribution in [0.2, 0.25) is 0 Å². The number of rotatable bonds is 6. The van der Waals surface area contributed by atoms with E-state index in [2.05, 4.69) is 15.4 Å². The lowest BCUT2D eigenvalue weighted by Crippen LogP contribution is -2.16. The summed E-state index contributed by atoms with van der Waals surface area (Å²) in [5.41, 5.74) is 0.898. The highest BCUT2D eigenvalue weighted by Crippen LogP contribution is 2.19. The van der Waals surface area contributed by atoms with Crippen molar-refractivity contribution in [3.63, 3.8) is 0 Å². The molecule has 0 amide bonds. The molecule has 2 aromatic heterocycles. The van der Waals surface area contributed by atoms with Crippen molar-refractivity contribution < 1.29 is 4.79 Å². The predicted molar refractivity (Wildman–Crippen MR) is 92.6 cm³/mol. The Morgan fingerprint density at radius 3 is 2.74 bits per heavy atom. The number of anilines is 1. The fourth-order valence-electron chi connectivity index (χ4n) is 2.21. The van der Waals surface area contributed by atoms with Crippen LogP contribution in [0.1, 0.15) is 29.4 Å². The summed E-state index contributed by atoms with van der Waals surface area (Å²) < 4.78 is 1.39. The quantitative estimate of drug-likeness (QED) is 0.742. The van der Waals surface area contributed by atoms with Gasteiger partial charge in [0.25, 0.3) is 0 Å². The molecule has 3 aromatic rings. The molecule has 3 rings (SSSR count). The van der Waals surface area contributed by atoms with Crippen molar-refractivity contribution in [1.29, 1.82) is 0 Å². The summed E-state index contributed by atoms with van der Waals surface area (Å²) in [5, 5.41) is 9.65. The molecule has 0 saturated carbocycles. The Morgan fingerprint density at radius 2 is 2.04 bits per heavy atom. The van der Waals surface area contributed by atoms with E-state index in [-0.39, 0.29) is 5.91 Å². The first kappa shape index (κ1) is 15.4. The highest BCUT2D eigenvalue weighted by molar-refractivity contribution is 7.09. The van der Waals surface area contributed by atoms with Gasteiger partial charge in [-0.3, -0.25) is 4.79 Å². The maximum atomic E-state index is 12.3. The van der Waals surface area contributed by atoms with Crippen LogP contribution >= 0.6 is 11.3 Å². The molecule has 5 nitrogen and oxygen atoms in total. The van der Waals surface area contributed by atoms with Crippen LogP contribution in [0.3, 0.4) is 0 Å². The van der Waals surface area contributed by atoms with Crippen LogP contribution in [0.5, 0.6) is 0 Å². The summed E-state index contributed by atoms with van der Waals surface area (Å²) in [4.78, 5) is 18.0. The lowest BCUT2D eigenvalue weighted by Gasteiger charge is -2.05. The zero-order chi connectivity index (χ0) is 16.1. The molecular weight excluding hydrogens is 308 g/mol. The number of benzene rings is 1. The summed E-state index contributed by atoms with van der Waals surface area (Å²) in [6.07, 6.45) is 1.23. The summed E-state index contributed by atoms with van der Waals surface area (Å²) >= 11 is 1.66. The standard InChI is InChI=1S/C17H18N4OS/c1-2-7-15(22)21-17(18-12-14-10-6-11-23-14)19-16(20-21)13-8-4-3-5-9-13/h3-6,8-11H,2,7,12H2,1H3,(H,18,19,20). The van der Waals surface area contributed by atoms with Gasteiger partial charge in [0.1, 0.15) is 0 Å². The van der Waals surface area contributed by atoms with E-state index < -0.39 is 0 Å². The summed E-state index contributed by atoms with van der Waals surface area (Å²) in [6.45, 7) is 2.61. The van der Waals surface area contributed by atoms with Gasteiger partial charge < -0.3 is 5.32 Å². The van der Waals surface area contributed by atoms with Crippen molar-refractivity contribution >= 4 is 23.2 Å². The van der Waals surface area contributed by atoms with Crippen LogP contribution in [0, 0.1) is 0 Å². The first-order valence-electron chi connectivity index (χ1n) is 7.60. The van der Waals surface area contributed by atoms with Gasteiger partial charge in [-0.1, -0.05) is 43.3 Å². The molecule has 0 saturated heterocycles. The zero-order valence-corrected chi connectivity index (χ0v) is 13.7. The van der Waals surface area contributed by atoms with Crippen molar-refractivity contribution in [2.75, 3.05) is 5.32 Å². The fraction of sp³-hybridized carbons (Fsp3) is 0.235. The number of carbonyl (C=O) groups excluding carboxylic acids is 1. The zero-order valence-electron chi connectivity index (χ0n) is 12.9. The number of nitrogens with zero attached hydrogens (tertiary/aromatic N) is 3. The first-order valence-corrected chi connectivity index (χ1v) is 8.48. The number of thiophene rings is 1. The van der Waals surface area contributed by atoms with Crippen LogP contribution in [-0.2, 0) is 6.54 Å². The van der Waals surface area contributed by atoms with Gasteiger partial charge in [0.15, 0.2) is 5.82 Å². The largest absolute Gasteiger partial charge is 0.349 e. The van der Waals surface area contributed by atoms with Gasteiger partial charge in [0.05, 0.1) is 6.54 Å². The second-order valence-electron chi connectivity index (χ2n) is 5.11. The van der Waals surface area contributed by atoms with Crippen molar-refractivity contribution in [2.45, 2.75) is 26.3 Å².